The lowest BCUT2D eigenvalue weighted by Crippen LogP contribution is -2.17. The number of nitrogens with one attached hydrogen (secondary N) is 1. The van der Waals surface area contributed by atoms with Gasteiger partial charge in [0.15, 0.2) is 0 Å². The summed E-state index contributed by atoms with van der Waals surface area (Å²) in [6.07, 6.45) is 4.88. The number of aryl methyl sites for hydroxylation is 2. The number of amides is 1. The summed E-state index contributed by atoms with van der Waals surface area (Å²) in [5.41, 5.74) is 14.4. The normalized spacial score (nSPS) is 11.1. The third kappa shape index (κ3) is 10.5. The van der Waals surface area contributed by atoms with Gasteiger partial charge in [-0.15, -0.1) is 0 Å². The minimum absolute atomic E-state index is 0.0856. The number of benzene rings is 2. The van der Waals surface area contributed by atoms with Gasteiger partial charge in [-0.05, 0) is 63.1 Å². The van der Waals surface area contributed by atoms with Gasteiger partial charge in [-0.25, -0.2) is 5.10 Å². The number of hydrogen-bond donors (Lipinski definition) is 3. The number of nitrogens with two attached hydrogens (primary N) is 2. The van der Waals surface area contributed by atoms with Crippen LogP contribution in [0.4, 0.5) is 0 Å². The molecule has 0 bridgehead atoms. The number of fused-ring (bicyclic) bond motifs is 1. The zero-order valence-corrected chi connectivity index (χ0v) is 22.8. The monoisotopic (exact) mass is 523 g/mol. The molecule has 37 heavy (non-hydrogen) atoms. The van der Waals surface area contributed by atoms with Crippen LogP contribution in [-0.4, -0.2) is 27.1 Å². The molecule has 4 rings (SSSR count). The van der Waals surface area contributed by atoms with E-state index < -0.39 is 5.91 Å². The Morgan fingerprint density at radius 3 is 2.35 bits per heavy atom. The molecule has 2 heterocycles. The molecule has 2 aromatic carbocycles. The van der Waals surface area contributed by atoms with Crippen molar-refractivity contribution in [3.8, 4) is 5.75 Å². The Hall–Kier alpha value is -3.56. The quantitative estimate of drug-likeness (QED) is 0.287. The van der Waals surface area contributed by atoms with Gasteiger partial charge < -0.3 is 16.2 Å². The van der Waals surface area contributed by atoms with Crippen LogP contribution in [0.2, 0.25) is 0 Å². The fraction of sp³-hybridized carbons (Fsp3) is 0.357. The van der Waals surface area contributed by atoms with Crippen molar-refractivity contribution in [1.29, 1.82) is 0 Å². The lowest BCUT2D eigenvalue weighted by molar-refractivity contribution is 0.1000. The van der Waals surface area contributed by atoms with Crippen LogP contribution in [0.25, 0.3) is 10.9 Å². The summed E-state index contributed by atoms with van der Waals surface area (Å²) in [7, 11) is 0. The zero-order chi connectivity index (χ0) is 27.2. The van der Waals surface area contributed by atoms with E-state index in [0.29, 0.717) is 24.0 Å². The van der Waals surface area contributed by atoms with Gasteiger partial charge in [-0.2, -0.15) is 5.10 Å². The molecule has 9 heteroatoms. The highest BCUT2D eigenvalue weighted by molar-refractivity contribution is 7.08. The minimum atomic E-state index is -0.442. The van der Waals surface area contributed by atoms with Gasteiger partial charge >= 0.3 is 4.87 Å². The zero-order valence-electron chi connectivity index (χ0n) is 22.0. The fourth-order valence-electron chi connectivity index (χ4n) is 3.37. The summed E-state index contributed by atoms with van der Waals surface area (Å²) in [5, 5.41) is 7.75. The average Bonchev–Trinajstić information content (AvgIpc) is 3.28. The molecule has 0 fully saturated rings. The van der Waals surface area contributed by atoms with E-state index >= 15 is 0 Å². The molecule has 1 amide bonds. The Balaban J connectivity index is 0.000000263. The summed E-state index contributed by atoms with van der Waals surface area (Å²) < 4.78 is 5.81. The molecule has 2 aromatic heterocycles. The van der Waals surface area contributed by atoms with Crippen molar-refractivity contribution in [2.24, 2.45) is 11.5 Å². The summed E-state index contributed by atoms with van der Waals surface area (Å²) in [4.78, 5) is 25.7. The summed E-state index contributed by atoms with van der Waals surface area (Å²) >= 11 is 1.12. The number of para-hydroxylation sites is 1. The van der Waals surface area contributed by atoms with Crippen molar-refractivity contribution in [3.63, 3.8) is 0 Å². The number of rotatable bonds is 8. The number of aromatic amines is 1. The second-order valence-corrected chi connectivity index (χ2v) is 9.73. The molecule has 5 N–H and O–H groups in total. The molecule has 0 aliphatic heterocycles. The Kier molecular flexibility index (Phi) is 12.5. The van der Waals surface area contributed by atoms with E-state index in [-0.39, 0.29) is 4.87 Å². The number of carbonyl (C=O) groups is 1. The SMILES string of the molecule is CCCC[C@@H](N)CC.Cc1cc(COc2ccc(C(N)=O)cc2)c2ccccc2n1.Cc1n[nH]c(=O)s1. The van der Waals surface area contributed by atoms with Crippen molar-refractivity contribution in [1.82, 2.24) is 15.2 Å². The van der Waals surface area contributed by atoms with Gasteiger partial charge in [0.05, 0.1) is 5.52 Å². The van der Waals surface area contributed by atoms with Gasteiger partial charge in [-0.1, -0.05) is 56.2 Å². The molecule has 0 aliphatic carbocycles. The van der Waals surface area contributed by atoms with Crippen molar-refractivity contribution >= 4 is 28.1 Å². The van der Waals surface area contributed by atoms with Crippen LogP contribution < -0.4 is 21.1 Å². The molecule has 4 aromatic rings. The van der Waals surface area contributed by atoms with E-state index in [4.69, 9.17) is 16.2 Å². The fourth-order valence-corrected chi connectivity index (χ4v) is 3.82. The molecule has 8 nitrogen and oxygen atoms in total. The van der Waals surface area contributed by atoms with Gasteiger partial charge in [0.25, 0.3) is 0 Å². The highest BCUT2D eigenvalue weighted by atomic mass is 32.1. The highest BCUT2D eigenvalue weighted by Gasteiger charge is 2.05. The average molecular weight is 524 g/mol. The van der Waals surface area contributed by atoms with Crippen LogP contribution in [0, 0.1) is 13.8 Å². The topological polar surface area (TPSA) is 137 Å². The van der Waals surface area contributed by atoms with Gasteiger partial charge in [-0.3, -0.25) is 14.6 Å². The number of carbonyl (C=O) groups excluding carboxylic acids is 1. The van der Waals surface area contributed by atoms with Crippen LogP contribution in [0.1, 0.15) is 66.2 Å². The predicted molar refractivity (Wildman–Crippen MR) is 151 cm³/mol. The third-order valence-electron chi connectivity index (χ3n) is 5.46. The van der Waals surface area contributed by atoms with E-state index in [2.05, 4.69) is 29.0 Å². The molecule has 0 saturated heterocycles. The van der Waals surface area contributed by atoms with Gasteiger partial charge in [0, 0.05) is 28.2 Å². The van der Waals surface area contributed by atoms with E-state index in [1.165, 1.54) is 19.3 Å². The molecule has 0 aliphatic rings. The first-order chi connectivity index (χ1) is 17.7. The second-order valence-electron chi connectivity index (χ2n) is 8.56. The standard InChI is InChI=1S/C18H16N2O2.C7H17N.C3H4N2OS/c1-12-10-14(16-4-2-3-5-17(16)20-12)11-22-15-8-6-13(7-9-15)18(19)21;1-3-5-6-7(8)4-2;1-2-4-5-3(6)7-2/h2-10H,11H2,1H3,(H2,19,21);7H,3-6,8H2,1-2H3;1H3,(H,5,6)/t;7-;/m.0./s1. The van der Waals surface area contributed by atoms with Crippen LogP contribution in [0.3, 0.4) is 0 Å². The first-order valence-corrected chi connectivity index (χ1v) is 13.2. The smallest absolute Gasteiger partial charge is 0.322 e. The van der Waals surface area contributed by atoms with E-state index in [1.54, 1.807) is 31.2 Å². The summed E-state index contributed by atoms with van der Waals surface area (Å²) in [6, 6.07) is 17.3. The number of H-pyrrole nitrogens is 1. The Morgan fingerprint density at radius 2 is 1.81 bits per heavy atom. The van der Waals surface area contributed by atoms with E-state index in [9.17, 15) is 9.59 Å². The maximum absolute atomic E-state index is 11.0. The largest absolute Gasteiger partial charge is 0.489 e. The Labute approximate surface area is 222 Å². The number of pyridine rings is 1. The second kappa shape index (κ2) is 15.5. The first-order valence-electron chi connectivity index (χ1n) is 12.4. The van der Waals surface area contributed by atoms with Crippen LogP contribution in [-0.2, 0) is 6.61 Å². The molecule has 1 atom stereocenters. The number of unbranched alkanes of at least 4 members (excludes halogenated alkanes) is 1. The predicted octanol–water partition coefficient (Wildman–Crippen LogP) is 5.27. The molecule has 198 valence electrons. The minimum Gasteiger partial charge on any atom is -0.489 e. The van der Waals surface area contributed by atoms with Crippen LogP contribution >= 0.6 is 11.3 Å². The van der Waals surface area contributed by atoms with Crippen LogP contribution in [0.15, 0.2) is 59.4 Å². The highest BCUT2D eigenvalue weighted by Crippen LogP contribution is 2.21. The molecular weight excluding hydrogens is 486 g/mol. The Bertz CT molecular complexity index is 1300. The molecule has 0 saturated carbocycles. The van der Waals surface area contributed by atoms with E-state index in [0.717, 1.165) is 44.9 Å². The van der Waals surface area contributed by atoms with Gasteiger partial charge in [0.1, 0.15) is 17.4 Å². The third-order valence-corrected chi connectivity index (χ3v) is 6.12. The first kappa shape index (κ1) is 29.7. The van der Waals surface area contributed by atoms with Crippen molar-refractivity contribution in [2.45, 2.75) is 66.0 Å². The summed E-state index contributed by atoms with van der Waals surface area (Å²) in [6.45, 7) is 8.53. The number of aromatic nitrogens is 3. The number of nitrogens with zero attached hydrogens (tertiary/aromatic N) is 2. The molecular formula is C28H37N5O3S. The molecule has 0 unspecified atom stereocenters. The lowest BCUT2D eigenvalue weighted by atomic mass is 10.1. The lowest BCUT2D eigenvalue weighted by Gasteiger charge is -2.10. The number of hydrogen-bond acceptors (Lipinski definition) is 7. The number of ether oxygens (including phenoxy) is 1. The van der Waals surface area contributed by atoms with E-state index in [1.807, 2.05) is 37.3 Å². The van der Waals surface area contributed by atoms with Crippen molar-refractivity contribution < 1.29 is 9.53 Å². The molecule has 0 radical (unpaired) electrons. The summed E-state index contributed by atoms with van der Waals surface area (Å²) in [5.74, 6) is 0.255. The van der Waals surface area contributed by atoms with Crippen molar-refractivity contribution in [2.75, 3.05) is 0 Å². The van der Waals surface area contributed by atoms with Gasteiger partial charge in [0.2, 0.25) is 5.91 Å². The number of primary amides is 1. The maximum Gasteiger partial charge on any atom is 0.322 e. The molecule has 0 spiro atoms. The van der Waals surface area contributed by atoms with Crippen LogP contribution in [0.5, 0.6) is 5.75 Å². The maximum atomic E-state index is 11.0. The Morgan fingerprint density at radius 1 is 1.11 bits per heavy atom. The van der Waals surface area contributed by atoms with Crippen molar-refractivity contribution in [3.05, 3.63) is 86.1 Å².